The topological polar surface area (TPSA) is 89.5 Å². The van der Waals surface area contributed by atoms with Gasteiger partial charge in [-0.1, -0.05) is 42.2 Å². The molecule has 0 unspecified atom stereocenters. The van der Waals surface area contributed by atoms with E-state index in [9.17, 15) is 14.4 Å². The molecular formula is C23H22N4O4S2. The van der Waals surface area contributed by atoms with Gasteiger partial charge in [0.2, 0.25) is 5.91 Å². The fourth-order valence-electron chi connectivity index (χ4n) is 3.51. The molecule has 0 radical (unpaired) electrons. The molecule has 8 nitrogen and oxygen atoms in total. The molecule has 10 heteroatoms. The van der Waals surface area contributed by atoms with Crippen molar-refractivity contribution >= 4 is 51.9 Å². The van der Waals surface area contributed by atoms with Crippen molar-refractivity contribution in [2.45, 2.75) is 19.8 Å². The number of nitrogens with zero attached hydrogens (tertiary/aromatic N) is 3. The summed E-state index contributed by atoms with van der Waals surface area (Å²) in [5.74, 6) is 0.0818. The van der Waals surface area contributed by atoms with Gasteiger partial charge in [-0.15, -0.1) is 0 Å². The van der Waals surface area contributed by atoms with Crippen LogP contribution in [0.15, 0.2) is 62.8 Å². The first kappa shape index (κ1) is 22.8. The Morgan fingerprint density at radius 3 is 2.64 bits per heavy atom. The van der Waals surface area contributed by atoms with Crippen LogP contribution in [-0.2, 0) is 16.6 Å². The molecule has 3 aromatic rings. The van der Waals surface area contributed by atoms with Crippen molar-refractivity contribution in [3.63, 3.8) is 0 Å². The van der Waals surface area contributed by atoms with Crippen molar-refractivity contribution in [1.29, 1.82) is 0 Å². The standard InChI is InChI=1S/C23H22N4O4S2/c1-15-20(22(30)27(25(15)2)16-8-4-3-5-9-16)24-19(28)11-6-12-26-21(29)18(33-23(26)32)14-17-10-7-13-31-17/h3-5,7-10,13-14H,6,11-12H2,1-2H3,(H,24,28)/b18-14+. The summed E-state index contributed by atoms with van der Waals surface area (Å²) in [6, 6.07) is 12.7. The Morgan fingerprint density at radius 1 is 1.18 bits per heavy atom. The Labute approximate surface area is 199 Å². The van der Waals surface area contributed by atoms with Crippen LogP contribution in [0.1, 0.15) is 24.3 Å². The van der Waals surface area contributed by atoms with Crippen LogP contribution in [-0.4, -0.2) is 36.9 Å². The molecular weight excluding hydrogens is 460 g/mol. The predicted octanol–water partition coefficient (Wildman–Crippen LogP) is 3.70. The minimum absolute atomic E-state index is 0.146. The summed E-state index contributed by atoms with van der Waals surface area (Å²) in [4.78, 5) is 40.1. The average Bonchev–Trinajstić information content (AvgIpc) is 3.46. The molecule has 0 spiro atoms. The van der Waals surface area contributed by atoms with Crippen LogP contribution in [0.25, 0.3) is 11.8 Å². The van der Waals surface area contributed by atoms with Gasteiger partial charge in [-0.2, -0.15) is 0 Å². The molecule has 1 aliphatic heterocycles. The number of carbonyl (C=O) groups is 2. The first-order valence-corrected chi connectivity index (χ1v) is 11.5. The summed E-state index contributed by atoms with van der Waals surface area (Å²) in [5.41, 5.74) is 1.32. The Morgan fingerprint density at radius 2 is 1.94 bits per heavy atom. The molecule has 2 aromatic heterocycles. The number of amides is 2. The number of aromatic nitrogens is 2. The average molecular weight is 483 g/mol. The molecule has 0 saturated carbocycles. The van der Waals surface area contributed by atoms with E-state index >= 15 is 0 Å². The molecule has 1 fully saturated rings. The second-order valence-electron chi connectivity index (χ2n) is 7.44. The highest BCUT2D eigenvalue weighted by atomic mass is 32.2. The van der Waals surface area contributed by atoms with Crippen LogP contribution in [0.2, 0.25) is 0 Å². The van der Waals surface area contributed by atoms with Gasteiger partial charge in [0, 0.05) is 26.1 Å². The van der Waals surface area contributed by atoms with Crippen LogP contribution in [0, 0.1) is 6.92 Å². The molecule has 1 N–H and O–H groups in total. The molecule has 33 heavy (non-hydrogen) atoms. The zero-order valence-electron chi connectivity index (χ0n) is 18.1. The summed E-state index contributed by atoms with van der Waals surface area (Å²) in [6.07, 6.45) is 3.74. The number of furan rings is 1. The van der Waals surface area contributed by atoms with Crippen LogP contribution < -0.4 is 10.9 Å². The highest BCUT2D eigenvalue weighted by Gasteiger charge is 2.32. The lowest BCUT2D eigenvalue weighted by molar-refractivity contribution is -0.122. The first-order chi connectivity index (χ1) is 15.9. The number of anilines is 1. The van der Waals surface area contributed by atoms with Gasteiger partial charge >= 0.3 is 0 Å². The summed E-state index contributed by atoms with van der Waals surface area (Å²) < 4.78 is 8.92. The Balaban J connectivity index is 1.37. The van der Waals surface area contributed by atoms with E-state index in [1.807, 2.05) is 30.3 Å². The van der Waals surface area contributed by atoms with Crippen LogP contribution in [0.5, 0.6) is 0 Å². The van der Waals surface area contributed by atoms with Crippen molar-refractivity contribution < 1.29 is 14.0 Å². The third-order valence-electron chi connectivity index (χ3n) is 5.29. The monoisotopic (exact) mass is 482 g/mol. The van der Waals surface area contributed by atoms with Crippen LogP contribution in [0.4, 0.5) is 5.69 Å². The van der Waals surface area contributed by atoms with Crippen molar-refractivity contribution in [3.05, 3.63) is 75.4 Å². The zero-order valence-corrected chi connectivity index (χ0v) is 19.7. The Hall–Kier alpha value is -3.37. The predicted molar refractivity (Wildman–Crippen MR) is 132 cm³/mol. The number of thiocarbonyl (C=S) groups is 1. The van der Waals surface area contributed by atoms with E-state index in [0.29, 0.717) is 39.3 Å². The molecule has 170 valence electrons. The van der Waals surface area contributed by atoms with Crippen molar-refractivity contribution in [3.8, 4) is 5.69 Å². The molecule has 1 aromatic carbocycles. The summed E-state index contributed by atoms with van der Waals surface area (Å²) in [7, 11) is 1.77. The number of carbonyl (C=O) groups excluding carboxylic acids is 2. The van der Waals surface area contributed by atoms with Gasteiger partial charge in [0.1, 0.15) is 15.8 Å². The van der Waals surface area contributed by atoms with E-state index in [2.05, 4.69) is 5.32 Å². The fraction of sp³-hybridized carbons (Fsp3) is 0.217. The Kier molecular flexibility index (Phi) is 6.66. The van der Waals surface area contributed by atoms with Gasteiger partial charge in [0.15, 0.2) is 0 Å². The number of para-hydroxylation sites is 1. The third-order valence-corrected chi connectivity index (χ3v) is 6.67. The lowest BCUT2D eigenvalue weighted by Crippen LogP contribution is -2.30. The third kappa shape index (κ3) is 4.71. The number of nitrogens with one attached hydrogen (secondary N) is 1. The van der Waals surface area contributed by atoms with E-state index in [-0.39, 0.29) is 29.5 Å². The number of thioether (sulfide) groups is 1. The van der Waals surface area contributed by atoms with Gasteiger partial charge in [0.25, 0.3) is 11.5 Å². The van der Waals surface area contributed by atoms with Gasteiger partial charge < -0.3 is 9.73 Å². The van der Waals surface area contributed by atoms with Crippen molar-refractivity contribution in [1.82, 2.24) is 14.3 Å². The number of rotatable bonds is 7. The molecule has 4 rings (SSSR count). The minimum atomic E-state index is -0.297. The fourth-order valence-corrected chi connectivity index (χ4v) is 4.80. The zero-order chi connectivity index (χ0) is 23.5. The summed E-state index contributed by atoms with van der Waals surface area (Å²) in [6.45, 7) is 2.09. The second-order valence-corrected chi connectivity index (χ2v) is 9.11. The van der Waals surface area contributed by atoms with E-state index in [1.165, 1.54) is 27.6 Å². The van der Waals surface area contributed by atoms with Gasteiger partial charge in [-0.25, -0.2) is 4.68 Å². The van der Waals surface area contributed by atoms with E-state index in [1.54, 1.807) is 36.9 Å². The molecule has 1 saturated heterocycles. The van der Waals surface area contributed by atoms with Crippen molar-refractivity contribution in [2.75, 3.05) is 11.9 Å². The van der Waals surface area contributed by atoms with Gasteiger partial charge in [0.05, 0.1) is 22.5 Å². The molecule has 2 amide bonds. The van der Waals surface area contributed by atoms with Crippen molar-refractivity contribution in [2.24, 2.45) is 7.05 Å². The first-order valence-electron chi connectivity index (χ1n) is 10.3. The highest BCUT2D eigenvalue weighted by molar-refractivity contribution is 8.26. The minimum Gasteiger partial charge on any atom is -0.465 e. The molecule has 0 atom stereocenters. The number of hydrogen-bond donors (Lipinski definition) is 1. The lowest BCUT2D eigenvalue weighted by Gasteiger charge is -2.13. The van der Waals surface area contributed by atoms with E-state index in [0.717, 1.165) is 0 Å². The smallest absolute Gasteiger partial charge is 0.295 e. The number of benzene rings is 1. The van der Waals surface area contributed by atoms with Gasteiger partial charge in [-0.3, -0.25) is 24.0 Å². The van der Waals surface area contributed by atoms with Crippen LogP contribution >= 0.6 is 24.0 Å². The molecule has 1 aliphatic rings. The van der Waals surface area contributed by atoms with E-state index < -0.39 is 0 Å². The summed E-state index contributed by atoms with van der Waals surface area (Å²) >= 11 is 6.53. The SMILES string of the molecule is Cc1c(NC(=O)CCCN2C(=O)/C(=C\c3ccco3)SC2=S)c(=O)n(-c2ccccc2)n1C. The Bertz CT molecular complexity index is 1290. The van der Waals surface area contributed by atoms with Gasteiger partial charge in [-0.05, 0) is 37.6 Å². The maximum atomic E-state index is 12.9. The molecule has 3 heterocycles. The maximum absolute atomic E-state index is 12.9. The second kappa shape index (κ2) is 9.63. The van der Waals surface area contributed by atoms with E-state index in [4.69, 9.17) is 16.6 Å². The lowest BCUT2D eigenvalue weighted by atomic mass is 10.2. The maximum Gasteiger partial charge on any atom is 0.295 e. The summed E-state index contributed by atoms with van der Waals surface area (Å²) in [5, 5.41) is 2.74. The van der Waals surface area contributed by atoms with Crippen LogP contribution in [0.3, 0.4) is 0 Å². The largest absolute Gasteiger partial charge is 0.465 e. The molecule has 0 bridgehead atoms. The highest BCUT2D eigenvalue weighted by Crippen LogP contribution is 2.32. The number of hydrogen-bond acceptors (Lipinski definition) is 6. The normalized spacial score (nSPS) is 15.0. The quantitative estimate of drug-likeness (QED) is 0.408. The molecule has 0 aliphatic carbocycles.